The van der Waals surface area contributed by atoms with Gasteiger partial charge in [-0.25, -0.2) is 8.78 Å². The molecule has 3 amide bonds. The number of amides is 3. The van der Waals surface area contributed by atoms with Gasteiger partial charge in [0.2, 0.25) is 5.91 Å². The second kappa shape index (κ2) is 12.0. The van der Waals surface area contributed by atoms with Gasteiger partial charge in [0.1, 0.15) is 17.4 Å². The fourth-order valence-corrected chi connectivity index (χ4v) is 4.89. The van der Waals surface area contributed by atoms with Gasteiger partial charge in [0.25, 0.3) is 17.7 Å². The molecule has 1 aliphatic heterocycles. The highest BCUT2D eigenvalue weighted by Crippen LogP contribution is 2.33. The normalized spacial score (nSPS) is 17.8. The Kier molecular flexibility index (Phi) is 8.63. The van der Waals surface area contributed by atoms with Gasteiger partial charge < -0.3 is 25.2 Å². The van der Waals surface area contributed by atoms with E-state index in [-0.39, 0.29) is 24.3 Å². The summed E-state index contributed by atoms with van der Waals surface area (Å²) in [4.78, 5) is 40.3. The summed E-state index contributed by atoms with van der Waals surface area (Å²) in [5.74, 6) is -5.54. The Morgan fingerprint density at radius 2 is 1.77 bits per heavy atom. The van der Waals surface area contributed by atoms with Gasteiger partial charge in [-0.3, -0.25) is 14.4 Å². The van der Waals surface area contributed by atoms with Crippen molar-refractivity contribution in [3.8, 4) is 0 Å². The molecule has 2 aromatic carbocycles. The van der Waals surface area contributed by atoms with Crippen LogP contribution in [-0.2, 0) is 22.6 Å². The Bertz CT molecular complexity index is 1360. The van der Waals surface area contributed by atoms with Crippen LogP contribution in [0.25, 0.3) is 0 Å². The molecule has 1 fully saturated rings. The van der Waals surface area contributed by atoms with E-state index in [9.17, 15) is 28.3 Å². The number of aromatic nitrogens is 1. The van der Waals surface area contributed by atoms with Crippen LogP contribution in [-0.4, -0.2) is 63.5 Å². The Morgan fingerprint density at radius 3 is 2.42 bits per heavy atom. The van der Waals surface area contributed by atoms with Crippen LogP contribution in [0, 0.1) is 20.8 Å². The third kappa shape index (κ3) is 6.53. The smallest absolute Gasteiger partial charge is 0.267 e. The highest BCUT2D eigenvalue weighted by Gasteiger charge is 2.51. The summed E-state index contributed by atoms with van der Waals surface area (Å²) in [6.45, 7) is 4.06. The van der Waals surface area contributed by atoms with Crippen LogP contribution in [0.15, 0.2) is 59.1 Å². The molecule has 0 saturated carbocycles. The van der Waals surface area contributed by atoms with Gasteiger partial charge in [0.05, 0.1) is 18.3 Å². The monoisotopic (exact) mass is 554 g/mol. The molecule has 9 nitrogen and oxygen atoms in total. The molecule has 1 aliphatic rings. The lowest BCUT2D eigenvalue weighted by Crippen LogP contribution is -2.56. The van der Waals surface area contributed by atoms with Gasteiger partial charge in [-0.2, -0.15) is 0 Å². The van der Waals surface area contributed by atoms with Gasteiger partial charge in [-0.05, 0) is 43.9 Å². The number of rotatable bonds is 9. The molecule has 3 atom stereocenters. The summed E-state index contributed by atoms with van der Waals surface area (Å²) < 4.78 is 34.1. The number of hydrogen-bond acceptors (Lipinski definition) is 6. The highest BCUT2D eigenvalue weighted by molar-refractivity contribution is 5.97. The number of nitrogens with one attached hydrogen (secondary N) is 2. The van der Waals surface area contributed by atoms with E-state index < -0.39 is 54.8 Å². The molecule has 212 valence electrons. The molecule has 2 heterocycles. The minimum atomic E-state index is -3.32. The average molecular weight is 555 g/mol. The van der Waals surface area contributed by atoms with Gasteiger partial charge in [-0.15, -0.1) is 0 Å². The van der Waals surface area contributed by atoms with Crippen molar-refractivity contribution in [2.75, 3.05) is 6.54 Å². The lowest BCUT2D eigenvalue weighted by molar-refractivity contribution is -0.147. The van der Waals surface area contributed by atoms with Crippen LogP contribution < -0.4 is 10.6 Å². The third-order valence-corrected chi connectivity index (χ3v) is 7.08. The molecule has 3 unspecified atom stereocenters. The Morgan fingerprint density at radius 1 is 1.10 bits per heavy atom. The second-order valence-corrected chi connectivity index (χ2v) is 10.1. The maximum Gasteiger partial charge on any atom is 0.267 e. The first kappa shape index (κ1) is 28.9. The Balaban J connectivity index is 1.55. The topological polar surface area (TPSA) is 125 Å². The Labute approximate surface area is 230 Å². The van der Waals surface area contributed by atoms with Crippen LogP contribution in [0.3, 0.4) is 0 Å². The summed E-state index contributed by atoms with van der Waals surface area (Å²) in [6, 6.07) is 13.4. The van der Waals surface area contributed by atoms with Crippen molar-refractivity contribution in [2.24, 2.45) is 0 Å². The average Bonchev–Trinajstić information content (AvgIpc) is 3.44. The zero-order valence-electron chi connectivity index (χ0n) is 22.5. The summed E-state index contributed by atoms with van der Waals surface area (Å²) in [5.41, 5.74) is 2.89. The molecule has 1 saturated heterocycles. The number of likely N-dealkylation sites (tertiary alicyclic amines) is 1. The van der Waals surface area contributed by atoms with Crippen molar-refractivity contribution in [1.29, 1.82) is 0 Å². The molecule has 40 heavy (non-hydrogen) atoms. The van der Waals surface area contributed by atoms with E-state index in [1.54, 1.807) is 56.3 Å². The van der Waals surface area contributed by atoms with Crippen molar-refractivity contribution in [3.05, 3.63) is 88.3 Å². The molecule has 11 heteroatoms. The number of nitrogens with zero attached hydrogens (tertiary/aromatic N) is 2. The third-order valence-electron chi connectivity index (χ3n) is 7.08. The first-order valence-electron chi connectivity index (χ1n) is 12.9. The predicted octanol–water partition coefficient (Wildman–Crippen LogP) is 2.85. The van der Waals surface area contributed by atoms with Crippen LogP contribution in [0.4, 0.5) is 8.78 Å². The summed E-state index contributed by atoms with van der Waals surface area (Å²) >= 11 is 0. The van der Waals surface area contributed by atoms with Crippen LogP contribution in [0.2, 0.25) is 0 Å². The number of carbonyl (C=O) groups excluding carboxylic acids is 3. The van der Waals surface area contributed by atoms with Crippen molar-refractivity contribution in [2.45, 2.75) is 64.3 Å². The fourth-order valence-electron chi connectivity index (χ4n) is 4.89. The second-order valence-electron chi connectivity index (χ2n) is 10.1. The number of carbonyl (C=O) groups is 3. The number of halogens is 2. The van der Waals surface area contributed by atoms with Crippen LogP contribution in [0.1, 0.15) is 44.9 Å². The number of aliphatic hydroxyl groups is 1. The van der Waals surface area contributed by atoms with Crippen LogP contribution >= 0.6 is 0 Å². The minimum Gasteiger partial charge on any atom is -0.381 e. The Hall–Kier alpha value is -4.12. The fraction of sp³-hybridized carbons (Fsp3) is 0.379. The van der Waals surface area contributed by atoms with Gasteiger partial charge in [0, 0.05) is 13.0 Å². The number of hydrogen-bond donors (Lipinski definition) is 3. The first-order valence-corrected chi connectivity index (χ1v) is 12.9. The standard InChI is InChI=1S/C29H32F2N4O5/c1-17-9-7-8-12-21(17)15-32-26(37)23-14-29(30,31)16-35(23)28(39)25(36)22(13-20-10-5-4-6-11-20)33-27(38)24-18(2)34-40-19(24)3/h4-12,22-23,25,36H,13-16H2,1-3H3,(H,32,37)(H,33,38). The maximum atomic E-state index is 14.5. The maximum absolute atomic E-state index is 14.5. The van der Waals surface area contributed by atoms with Crippen LogP contribution in [0.5, 0.6) is 0 Å². The highest BCUT2D eigenvalue weighted by atomic mass is 19.3. The molecule has 1 aromatic heterocycles. The molecule has 3 N–H and O–H groups in total. The van der Waals surface area contributed by atoms with E-state index in [4.69, 9.17) is 4.52 Å². The van der Waals surface area contributed by atoms with Gasteiger partial charge >= 0.3 is 0 Å². The largest absolute Gasteiger partial charge is 0.381 e. The summed E-state index contributed by atoms with van der Waals surface area (Å²) in [5, 5.41) is 20.2. The molecule has 0 radical (unpaired) electrons. The molecular formula is C29H32F2N4O5. The zero-order valence-corrected chi connectivity index (χ0v) is 22.5. The van der Waals surface area contributed by atoms with E-state index in [2.05, 4.69) is 15.8 Å². The predicted molar refractivity (Wildman–Crippen MR) is 141 cm³/mol. The van der Waals surface area contributed by atoms with Gasteiger partial charge in [0.15, 0.2) is 6.10 Å². The quantitative estimate of drug-likeness (QED) is 0.374. The van der Waals surface area contributed by atoms with E-state index in [1.807, 2.05) is 19.1 Å². The van der Waals surface area contributed by atoms with E-state index in [1.165, 1.54) is 0 Å². The summed E-state index contributed by atoms with van der Waals surface area (Å²) in [7, 11) is 0. The van der Waals surface area contributed by atoms with Crippen molar-refractivity contribution >= 4 is 17.7 Å². The lowest BCUT2D eigenvalue weighted by Gasteiger charge is -2.30. The van der Waals surface area contributed by atoms with E-state index in [0.29, 0.717) is 16.2 Å². The zero-order chi connectivity index (χ0) is 29.0. The van der Waals surface area contributed by atoms with E-state index >= 15 is 0 Å². The summed E-state index contributed by atoms with van der Waals surface area (Å²) in [6.07, 6.45) is -2.76. The van der Waals surface area contributed by atoms with Crippen molar-refractivity contribution in [1.82, 2.24) is 20.7 Å². The lowest BCUT2D eigenvalue weighted by atomic mass is 9.99. The minimum absolute atomic E-state index is 0.0250. The number of alkyl halides is 2. The molecule has 0 aliphatic carbocycles. The number of benzene rings is 2. The van der Waals surface area contributed by atoms with E-state index in [0.717, 1.165) is 11.1 Å². The molecule has 4 rings (SSSR count). The van der Waals surface area contributed by atoms with Crippen molar-refractivity contribution in [3.63, 3.8) is 0 Å². The number of aliphatic hydroxyl groups excluding tert-OH is 1. The number of aryl methyl sites for hydroxylation is 3. The van der Waals surface area contributed by atoms with Crippen molar-refractivity contribution < 1.29 is 32.8 Å². The SMILES string of the molecule is Cc1ccccc1CNC(=O)C1CC(F)(F)CN1C(=O)C(O)C(Cc1ccccc1)NC(=O)c1c(C)noc1C. The molecular weight excluding hydrogens is 522 g/mol. The molecule has 0 bridgehead atoms. The molecule has 3 aromatic rings. The first-order chi connectivity index (χ1) is 19.0. The molecule has 0 spiro atoms. The van der Waals surface area contributed by atoms with Gasteiger partial charge in [-0.1, -0.05) is 59.8 Å².